The topological polar surface area (TPSA) is 47.3 Å². The number of hydrogen-bond donors (Lipinski definition) is 1. The molecule has 0 atom stereocenters. The number of hydrogen-bond acceptors (Lipinski definition) is 4. The van der Waals surface area contributed by atoms with E-state index in [1.54, 1.807) is 6.07 Å². The van der Waals surface area contributed by atoms with Crippen molar-refractivity contribution in [1.82, 2.24) is 10.5 Å². The summed E-state index contributed by atoms with van der Waals surface area (Å²) in [6, 6.07) is 2.33. The molecule has 16 heavy (non-hydrogen) atoms. The van der Waals surface area contributed by atoms with E-state index in [1.165, 1.54) is 12.8 Å². The first kappa shape index (κ1) is 11.5. The Morgan fingerprint density at radius 1 is 1.56 bits per heavy atom. The molecule has 1 aliphatic carbocycles. The van der Waals surface area contributed by atoms with Gasteiger partial charge in [-0.2, -0.15) is 0 Å². The summed E-state index contributed by atoms with van der Waals surface area (Å²) in [5.74, 6) is 0.480. The van der Waals surface area contributed by atoms with Crippen LogP contribution in [0.2, 0.25) is 0 Å². The average molecular weight is 232 g/mol. The Bertz CT molecular complexity index is 326. The Labute approximate surface area is 91.9 Å². The molecule has 0 aliphatic heterocycles. The number of alkyl halides is 2. The zero-order valence-electron chi connectivity index (χ0n) is 8.79. The largest absolute Gasteiger partial charge is 0.367 e. The van der Waals surface area contributed by atoms with Crippen LogP contribution in [0.3, 0.4) is 0 Å². The Morgan fingerprint density at radius 3 is 3.06 bits per heavy atom. The van der Waals surface area contributed by atoms with Crippen molar-refractivity contribution in [3.63, 3.8) is 0 Å². The molecule has 0 amide bonds. The van der Waals surface area contributed by atoms with Gasteiger partial charge >= 0.3 is 0 Å². The van der Waals surface area contributed by atoms with Crippen molar-refractivity contribution in [3.8, 4) is 0 Å². The van der Waals surface area contributed by atoms with Gasteiger partial charge in [0, 0.05) is 18.7 Å². The molecular formula is C10H14F2N2O2. The zero-order valence-corrected chi connectivity index (χ0v) is 8.79. The molecule has 1 heterocycles. The van der Waals surface area contributed by atoms with Gasteiger partial charge in [-0.1, -0.05) is 5.16 Å². The number of halogens is 2. The molecule has 0 aromatic carbocycles. The molecule has 0 radical (unpaired) electrons. The Hall–Kier alpha value is -1.01. The molecule has 0 spiro atoms. The number of rotatable bonds is 7. The fourth-order valence-corrected chi connectivity index (χ4v) is 1.29. The smallest absolute Gasteiger partial charge is 0.261 e. The lowest BCUT2D eigenvalue weighted by Crippen LogP contribution is -2.15. The predicted molar refractivity (Wildman–Crippen MR) is 52.0 cm³/mol. The average Bonchev–Trinajstić information content (AvgIpc) is 2.96. The van der Waals surface area contributed by atoms with Crippen molar-refractivity contribution in [2.75, 3.05) is 6.61 Å². The quantitative estimate of drug-likeness (QED) is 0.777. The minimum Gasteiger partial charge on any atom is -0.367 e. The summed E-state index contributed by atoms with van der Waals surface area (Å²) >= 11 is 0. The standard InChI is InChI=1S/C10H14F2N2O2/c11-10(12)6-15-5-9-3-8(14-16-9)4-13-7-1-2-7/h3,7,10,13H,1-2,4-6H2. The minimum absolute atomic E-state index is 0.0424. The summed E-state index contributed by atoms with van der Waals surface area (Å²) in [4.78, 5) is 0. The molecule has 1 aromatic heterocycles. The normalized spacial score (nSPS) is 15.9. The summed E-state index contributed by atoms with van der Waals surface area (Å²) in [5, 5.41) is 7.09. The summed E-state index contributed by atoms with van der Waals surface area (Å²) in [6.07, 6.45) is -0.0244. The number of ether oxygens (including phenoxy) is 1. The maximum atomic E-state index is 11.8. The SMILES string of the molecule is FC(F)COCc1cc(CNC2CC2)no1. The maximum absolute atomic E-state index is 11.8. The second-order valence-electron chi connectivity index (χ2n) is 3.85. The lowest BCUT2D eigenvalue weighted by Gasteiger charge is -1.98. The highest BCUT2D eigenvalue weighted by Crippen LogP contribution is 2.19. The minimum atomic E-state index is -2.45. The number of nitrogens with zero attached hydrogens (tertiary/aromatic N) is 1. The van der Waals surface area contributed by atoms with Crippen LogP contribution in [-0.2, 0) is 17.9 Å². The molecule has 1 fully saturated rings. The highest BCUT2D eigenvalue weighted by atomic mass is 19.3. The van der Waals surface area contributed by atoms with Gasteiger partial charge in [0.05, 0.1) is 5.69 Å². The van der Waals surface area contributed by atoms with E-state index in [9.17, 15) is 8.78 Å². The Kier molecular flexibility index (Phi) is 3.84. The van der Waals surface area contributed by atoms with Crippen LogP contribution in [0.15, 0.2) is 10.6 Å². The van der Waals surface area contributed by atoms with Gasteiger partial charge in [0.2, 0.25) is 0 Å². The van der Waals surface area contributed by atoms with Crippen LogP contribution in [0, 0.1) is 0 Å². The van der Waals surface area contributed by atoms with Crippen molar-refractivity contribution < 1.29 is 18.0 Å². The summed E-state index contributed by atoms with van der Waals surface area (Å²) in [5.41, 5.74) is 0.780. The van der Waals surface area contributed by atoms with Crippen molar-refractivity contribution >= 4 is 0 Å². The van der Waals surface area contributed by atoms with Gasteiger partial charge < -0.3 is 14.6 Å². The first-order valence-electron chi connectivity index (χ1n) is 5.28. The van der Waals surface area contributed by atoms with E-state index in [0.717, 1.165) is 5.69 Å². The van der Waals surface area contributed by atoms with Crippen molar-refractivity contribution in [3.05, 3.63) is 17.5 Å². The van der Waals surface area contributed by atoms with Crippen molar-refractivity contribution in [2.45, 2.75) is 38.5 Å². The number of aromatic nitrogens is 1. The van der Waals surface area contributed by atoms with E-state index in [-0.39, 0.29) is 6.61 Å². The van der Waals surface area contributed by atoms with Gasteiger partial charge in [-0.25, -0.2) is 8.78 Å². The van der Waals surface area contributed by atoms with E-state index in [4.69, 9.17) is 9.26 Å². The van der Waals surface area contributed by atoms with Crippen molar-refractivity contribution in [2.24, 2.45) is 0 Å². The van der Waals surface area contributed by atoms with Gasteiger partial charge in [-0.05, 0) is 12.8 Å². The molecule has 2 rings (SSSR count). The molecule has 1 aliphatic rings. The predicted octanol–water partition coefficient (Wildman–Crippen LogP) is 1.71. The molecule has 90 valence electrons. The maximum Gasteiger partial charge on any atom is 0.261 e. The second kappa shape index (κ2) is 5.36. The molecule has 6 heteroatoms. The lowest BCUT2D eigenvalue weighted by molar-refractivity contribution is 0.00311. The lowest BCUT2D eigenvalue weighted by atomic mass is 10.3. The van der Waals surface area contributed by atoms with Crippen LogP contribution in [-0.4, -0.2) is 24.2 Å². The highest BCUT2D eigenvalue weighted by Gasteiger charge is 2.20. The Balaban J connectivity index is 1.68. The Morgan fingerprint density at radius 2 is 2.38 bits per heavy atom. The monoisotopic (exact) mass is 232 g/mol. The van der Waals surface area contributed by atoms with Crippen LogP contribution in [0.1, 0.15) is 24.3 Å². The van der Waals surface area contributed by atoms with Gasteiger partial charge in [0.25, 0.3) is 6.43 Å². The van der Waals surface area contributed by atoms with Gasteiger partial charge in [0.1, 0.15) is 13.2 Å². The van der Waals surface area contributed by atoms with Crippen LogP contribution >= 0.6 is 0 Å². The molecule has 0 unspecified atom stereocenters. The molecule has 0 bridgehead atoms. The van der Waals surface area contributed by atoms with E-state index in [1.807, 2.05) is 0 Å². The van der Waals surface area contributed by atoms with Gasteiger partial charge in [-0.3, -0.25) is 0 Å². The van der Waals surface area contributed by atoms with Crippen molar-refractivity contribution in [1.29, 1.82) is 0 Å². The third-order valence-corrected chi connectivity index (χ3v) is 2.25. The fraction of sp³-hybridized carbons (Fsp3) is 0.700. The first-order chi connectivity index (χ1) is 7.74. The molecule has 4 nitrogen and oxygen atoms in total. The summed E-state index contributed by atoms with van der Waals surface area (Å²) in [7, 11) is 0. The second-order valence-corrected chi connectivity index (χ2v) is 3.85. The molecule has 1 N–H and O–H groups in total. The van der Waals surface area contributed by atoms with Gasteiger partial charge in [-0.15, -0.1) is 0 Å². The molecule has 0 saturated heterocycles. The van der Waals surface area contributed by atoms with Crippen LogP contribution < -0.4 is 5.32 Å². The first-order valence-corrected chi connectivity index (χ1v) is 5.28. The number of nitrogens with one attached hydrogen (secondary N) is 1. The third-order valence-electron chi connectivity index (χ3n) is 2.25. The molecule has 1 saturated carbocycles. The molecule has 1 aromatic rings. The highest BCUT2D eigenvalue weighted by molar-refractivity contribution is 5.04. The van der Waals surface area contributed by atoms with Crippen LogP contribution in [0.4, 0.5) is 8.78 Å². The van der Waals surface area contributed by atoms with Gasteiger partial charge in [0.15, 0.2) is 5.76 Å². The van der Waals surface area contributed by atoms with E-state index >= 15 is 0 Å². The summed E-state index contributed by atoms with van der Waals surface area (Å²) < 4.78 is 33.2. The van der Waals surface area contributed by atoms with E-state index < -0.39 is 13.0 Å². The third kappa shape index (κ3) is 3.86. The molecular weight excluding hydrogens is 218 g/mol. The van der Waals surface area contributed by atoms with Crippen LogP contribution in [0.5, 0.6) is 0 Å². The summed E-state index contributed by atoms with van der Waals surface area (Å²) in [6.45, 7) is 0.125. The van der Waals surface area contributed by atoms with Crippen LogP contribution in [0.25, 0.3) is 0 Å². The van der Waals surface area contributed by atoms with E-state index in [2.05, 4.69) is 10.5 Å². The fourth-order valence-electron chi connectivity index (χ4n) is 1.29. The van der Waals surface area contributed by atoms with E-state index in [0.29, 0.717) is 18.3 Å². The zero-order chi connectivity index (χ0) is 11.4.